The smallest absolute Gasteiger partial charge is 0.318 e. The number of rotatable bonds is 3. The van der Waals surface area contributed by atoms with E-state index in [1.165, 1.54) is 11.8 Å². The first-order valence-electron chi connectivity index (χ1n) is 4.41. The fourth-order valence-corrected chi connectivity index (χ4v) is 1.87. The van der Waals surface area contributed by atoms with Gasteiger partial charge in [0.2, 0.25) is 5.91 Å². The zero-order chi connectivity index (χ0) is 11.3. The average molecular weight is 224 g/mol. The van der Waals surface area contributed by atoms with Crippen molar-refractivity contribution in [3.63, 3.8) is 0 Å². The first-order valence-corrected chi connectivity index (χ1v) is 5.29. The number of imide groups is 1. The van der Waals surface area contributed by atoms with Crippen LogP contribution in [0.1, 0.15) is 6.92 Å². The summed E-state index contributed by atoms with van der Waals surface area (Å²) in [5, 5.41) is 1.69. The molecule has 3 N–H and O–H groups in total. The van der Waals surface area contributed by atoms with E-state index in [0.717, 1.165) is 4.90 Å². The highest BCUT2D eigenvalue weighted by Gasteiger charge is 2.15. The van der Waals surface area contributed by atoms with Gasteiger partial charge in [0.15, 0.2) is 0 Å². The minimum absolute atomic E-state index is 0.347. The molecule has 0 bridgehead atoms. The number of nitrogens with two attached hydrogens (primary N) is 1. The SMILES string of the molecule is C[C@@H](Sc1ccccc1)C(=O)NC(N)=O. The Bertz CT molecular complexity index is 354. The summed E-state index contributed by atoms with van der Waals surface area (Å²) in [4.78, 5) is 22.7. The van der Waals surface area contributed by atoms with Crippen LogP contribution in [0.4, 0.5) is 4.79 Å². The van der Waals surface area contributed by atoms with E-state index < -0.39 is 6.03 Å². The molecule has 0 aliphatic heterocycles. The van der Waals surface area contributed by atoms with Crippen molar-refractivity contribution in [3.8, 4) is 0 Å². The Morgan fingerprint density at radius 2 is 1.93 bits per heavy atom. The van der Waals surface area contributed by atoms with Crippen molar-refractivity contribution in [1.82, 2.24) is 5.32 Å². The van der Waals surface area contributed by atoms with E-state index in [0.29, 0.717) is 0 Å². The minimum atomic E-state index is -0.819. The highest BCUT2D eigenvalue weighted by molar-refractivity contribution is 8.00. The van der Waals surface area contributed by atoms with E-state index in [4.69, 9.17) is 5.73 Å². The van der Waals surface area contributed by atoms with Gasteiger partial charge >= 0.3 is 6.03 Å². The third-order valence-corrected chi connectivity index (χ3v) is 2.78. The predicted octanol–water partition coefficient (Wildman–Crippen LogP) is 1.36. The summed E-state index contributed by atoms with van der Waals surface area (Å²) in [6, 6.07) is 8.66. The van der Waals surface area contributed by atoms with Crippen LogP contribution in [0.3, 0.4) is 0 Å². The number of carbonyl (C=O) groups is 2. The minimum Gasteiger partial charge on any atom is -0.351 e. The molecular weight excluding hydrogens is 212 g/mol. The van der Waals surface area contributed by atoms with Crippen molar-refractivity contribution < 1.29 is 9.59 Å². The molecule has 1 atom stereocenters. The Morgan fingerprint density at radius 1 is 1.33 bits per heavy atom. The number of amides is 3. The fraction of sp³-hybridized carbons (Fsp3) is 0.200. The molecule has 0 radical (unpaired) electrons. The van der Waals surface area contributed by atoms with Crippen molar-refractivity contribution >= 4 is 23.7 Å². The highest BCUT2D eigenvalue weighted by atomic mass is 32.2. The van der Waals surface area contributed by atoms with E-state index in [1.807, 2.05) is 35.6 Å². The van der Waals surface area contributed by atoms with Gasteiger partial charge in [-0.15, -0.1) is 11.8 Å². The summed E-state index contributed by atoms with van der Waals surface area (Å²) in [6.07, 6.45) is 0. The molecule has 0 aliphatic rings. The number of thioether (sulfide) groups is 1. The zero-order valence-electron chi connectivity index (χ0n) is 8.27. The Balaban J connectivity index is 2.52. The Hall–Kier alpha value is -1.49. The van der Waals surface area contributed by atoms with Gasteiger partial charge in [0.1, 0.15) is 0 Å². The molecule has 15 heavy (non-hydrogen) atoms. The molecule has 5 heteroatoms. The van der Waals surface area contributed by atoms with Crippen LogP contribution >= 0.6 is 11.8 Å². The first kappa shape index (κ1) is 11.6. The van der Waals surface area contributed by atoms with Crippen LogP contribution in [0.2, 0.25) is 0 Å². The molecule has 0 heterocycles. The summed E-state index contributed by atoms with van der Waals surface area (Å²) < 4.78 is 0. The van der Waals surface area contributed by atoms with Crippen molar-refractivity contribution in [3.05, 3.63) is 30.3 Å². The molecule has 3 amide bonds. The molecule has 0 saturated carbocycles. The van der Waals surface area contributed by atoms with Gasteiger partial charge in [-0.05, 0) is 19.1 Å². The first-order chi connectivity index (χ1) is 7.09. The number of benzene rings is 1. The van der Waals surface area contributed by atoms with Gasteiger partial charge in [-0.2, -0.15) is 0 Å². The van der Waals surface area contributed by atoms with Crippen LogP contribution in [-0.2, 0) is 4.79 Å². The third-order valence-electron chi connectivity index (χ3n) is 1.67. The number of carbonyl (C=O) groups excluding carboxylic acids is 2. The number of nitrogens with one attached hydrogen (secondary N) is 1. The highest BCUT2D eigenvalue weighted by Crippen LogP contribution is 2.22. The van der Waals surface area contributed by atoms with E-state index in [-0.39, 0.29) is 11.2 Å². The maximum Gasteiger partial charge on any atom is 0.318 e. The van der Waals surface area contributed by atoms with Crippen LogP contribution in [0.5, 0.6) is 0 Å². The molecule has 0 spiro atoms. The van der Waals surface area contributed by atoms with Crippen molar-refractivity contribution in [1.29, 1.82) is 0 Å². The summed E-state index contributed by atoms with van der Waals surface area (Å²) in [5.41, 5.74) is 4.84. The number of hydrogen-bond acceptors (Lipinski definition) is 3. The molecule has 80 valence electrons. The molecule has 0 aromatic heterocycles. The fourth-order valence-electron chi connectivity index (χ4n) is 0.980. The second-order valence-corrected chi connectivity index (χ2v) is 4.34. The van der Waals surface area contributed by atoms with Gasteiger partial charge in [-0.3, -0.25) is 10.1 Å². The summed E-state index contributed by atoms with van der Waals surface area (Å²) >= 11 is 1.37. The summed E-state index contributed by atoms with van der Waals surface area (Å²) in [7, 11) is 0. The molecule has 0 unspecified atom stereocenters. The monoisotopic (exact) mass is 224 g/mol. The van der Waals surface area contributed by atoms with Gasteiger partial charge < -0.3 is 5.73 Å². The van der Waals surface area contributed by atoms with Crippen molar-refractivity contribution in [2.24, 2.45) is 5.73 Å². The molecule has 1 aromatic rings. The van der Waals surface area contributed by atoms with Crippen LogP contribution in [0.25, 0.3) is 0 Å². The van der Waals surface area contributed by atoms with Gasteiger partial charge in [0.05, 0.1) is 5.25 Å². The van der Waals surface area contributed by atoms with Crippen molar-refractivity contribution in [2.75, 3.05) is 0 Å². The average Bonchev–Trinajstić information content (AvgIpc) is 2.18. The number of urea groups is 1. The Kier molecular flexibility index (Phi) is 4.17. The quantitative estimate of drug-likeness (QED) is 0.761. The van der Waals surface area contributed by atoms with Gasteiger partial charge in [0.25, 0.3) is 0 Å². The van der Waals surface area contributed by atoms with E-state index in [1.54, 1.807) is 6.92 Å². The second-order valence-electron chi connectivity index (χ2n) is 2.93. The predicted molar refractivity (Wildman–Crippen MR) is 59.5 cm³/mol. The molecule has 1 aromatic carbocycles. The molecule has 0 aliphatic carbocycles. The maximum absolute atomic E-state index is 11.3. The summed E-state index contributed by atoms with van der Waals surface area (Å²) in [5.74, 6) is -0.378. The maximum atomic E-state index is 11.3. The molecule has 0 fully saturated rings. The lowest BCUT2D eigenvalue weighted by atomic mass is 10.4. The molecule has 4 nitrogen and oxygen atoms in total. The van der Waals surface area contributed by atoms with Crippen LogP contribution in [-0.4, -0.2) is 17.2 Å². The van der Waals surface area contributed by atoms with E-state index in [2.05, 4.69) is 0 Å². The second kappa shape index (κ2) is 5.41. The zero-order valence-corrected chi connectivity index (χ0v) is 9.08. The lowest BCUT2D eigenvalue weighted by Crippen LogP contribution is -2.39. The van der Waals surface area contributed by atoms with Gasteiger partial charge in [-0.25, -0.2) is 4.79 Å². The lowest BCUT2D eigenvalue weighted by Gasteiger charge is -2.09. The van der Waals surface area contributed by atoms with Crippen LogP contribution < -0.4 is 11.1 Å². The lowest BCUT2D eigenvalue weighted by molar-refractivity contribution is -0.119. The van der Waals surface area contributed by atoms with E-state index in [9.17, 15) is 9.59 Å². The third kappa shape index (κ3) is 4.03. The van der Waals surface area contributed by atoms with Crippen LogP contribution in [0, 0.1) is 0 Å². The molecule has 0 saturated heterocycles. The number of hydrogen-bond donors (Lipinski definition) is 2. The van der Waals surface area contributed by atoms with Gasteiger partial charge in [0, 0.05) is 4.90 Å². The standard InChI is InChI=1S/C10H12N2O2S/c1-7(9(13)12-10(11)14)15-8-5-3-2-4-6-8/h2-7H,1H3,(H3,11,12,13,14)/t7-/m1/s1. The number of primary amides is 1. The van der Waals surface area contributed by atoms with Gasteiger partial charge in [-0.1, -0.05) is 18.2 Å². The molecule has 1 rings (SSSR count). The Morgan fingerprint density at radius 3 is 2.47 bits per heavy atom. The largest absolute Gasteiger partial charge is 0.351 e. The van der Waals surface area contributed by atoms with Crippen molar-refractivity contribution in [2.45, 2.75) is 17.1 Å². The Labute approximate surface area is 92.2 Å². The van der Waals surface area contributed by atoms with Crippen LogP contribution in [0.15, 0.2) is 35.2 Å². The molecular formula is C10H12N2O2S. The topological polar surface area (TPSA) is 72.2 Å². The summed E-state index contributed by atoms with van der Waals surface area (Å²) in [6.45, 7) is 1.72. The van der Waals surface area contributed by atoms with E-state index >= 15 is 0 Å². The normalized spacial score (nSPS) is 11.8.